The summed E-state index contributed by atoms with van der Waals surface area (Å²) in [7, 11) is 0. The summed E-state index contributed by atoms with van der Waals surface area (Å²) < 4.78 is 17.8. The van der Waals surface area contributed by atoms with Gasteiger partial charge in [0.05, 0.1) is 11.4 Å². The molecule has 0 aliphatic rings. The predicted octanol–water partition coefficient (Wildman–Crippen LogP) is 3.10. The van der Waals surface area contributed by atoms with Crippen LogP contribution in [0.5, 0.6) is 0 Å². The molecule has 0 saturated heterocycles. The lowest BCUT2D eigenvalue weighted by molar-refractivity contribution is 0.315. The number of aromatic nitrogens is 2. The molecule has 0 aliphatic heterocycles. The highest BCUT2D eigenvalue weighted by atomic mass is 19.1. The Balaban J connectivity index is 2.14. The molecule has 102 valence electrons. The third-order valence-electron chi connectivity index (χ3n) is 3.17. The summed E-state index contributed by atoms with van der Waals surface area (Å²) in [4.78, 5) is 1.99. The van der Waals surface area contributed by atoms with E-state index in [9.17, 15) is 4.39 Å². The van der Waals surface area contributed by atoms with Crippen LogP contribution in [0.1, 0.15) is 6.92 Å². The molecule has 0 radical (unpaired) electrons. The average Bonchev–Trinajstić information content (AvgIpc) is 2.94. The molecule has 0 amide bonds. The lowest BCUT2D eigenvalue weighted by atomic mass is 10.2. The van der Waals surface area contributed by atoms with Crippen LogP contribution in [0.15, 0.2) is 41.0 Å². The zero-order valence-corrected chi connectivity index (χ0v) is 10.9. The standard InChI is InChI=1S/C14H13FN4O/c1-2-19(10-5-3-9(15)4-6-10)12-8-7-11(16)13-14(12)18-20-17-13/h3-8H,2,16H2,1H3. The summed E-state index contributed by atoms with van der Waals surface area (Å²) in [5.41, 5.74) is 9.16. The number of fused-ring (bicyclic) bond motifs is 1. The van der Waals surface area contributed by atoms with Crippen LogP contribution in [-0.4, -0.2) is 16.9 Å². The second kappa shape index (κ2) is 4.80. The molecule has 20 heavy (non-hydrogen) atoms. The van der Waals surface area contributed by atoms with Crippen LogP contribution in [-0.2, 0) is 0 Å². The molecule has 1 aromatic heterocycles. The minimum atomic E-state index is -0.268. The zero-order valence-electron chi connectivity index (χ0n) is 10.9. The maximum absolute atomic E-state index is 13.0. The van der Waals surface area contributed by atoms with E-state index in [1.54, 1.807) is 18.2 Å². The highest BCUT2D eigenvalue weighted by Crippen LogP contribution is 2.32. The lowest BCUT2D eigenvalue weighted by Gasteiger charge is -2.23. The number of hydrogen-bond donors (Lipinski definition) is 1. The molecular weight excluding hydrogens is 259 g/mol. The van der Waals surface area contributed by atoms with Gasteiger partial charge in [0.1, 0.15) is 5.82 Å². The summed E-state index contributed by atoms with van der Waals surface area (Å²) in [6.45, 7) is 2.69. The average molecular weight is 272 g/mol. The van der Waals surface area contributed by atoms with Gasteiger partial charge < -0.3 is 10.6 Å². The van der Waals surface area contributed by atoms with Gasteiger partial charge in [-0.05, 0) is 53.6 Å². The van der Waals surface area contributed by atoms with Crippen molar-refractivity contribution in [2.75, 3.05) is 17.2 Å². The molecule has 0 atom stereocenters. The Morgan fingerprint density at radius 1 is 1.10 bits per heavy atom. The molecule has 6 heteroatoms. The van der Waals surface area contributed by atoms with E-state index in [1.807, 2.05) is 17.9 Å². The molecule has 0 fully saturated rings. The predicted molar refractivity (Wildman–Crippen MR) is 75.3 cm³/mol. The first-order valence-corrected chi connectivity index (χ1v) is 6.24. The normalized spacial score (nSPS) is 10.9. The molecule has 5 nitrogen and oxygen atoms in total. The first kappa shape index (κ1) is 12.4. The molecule has 2 N–H and O–H groups in total. The van der Waals surface area contributed by atoms with Crippen molar-refractivity contribution in [2.45, 2.75) is 6.92 Å². The number of nitrogens with zero attached hydrogens (tertiary/aromatic N) is 3. The zero-order chi connectivity index (χ0) is 14.1. The molecule has 0 spiro atoms. The van der Waals surface area contributed by atoms with Crippen LogP contribution in [0.3, 0.4) is 0 Å². The van der Waals surface area contributed by atoms with E-state index >= 15 is 0 Å². The van der Waals surface area contributed by atoms with Crippen LogP contribution in [0, 0.1) is 5.82 Å². The van der Waals surface area contributed by atoms with Gasteiger partial charge in [0.25, 0.3) is 0 Å². The van der Waals surface area contributed by atoms with Gasteiger partial charge >= 0.3 is 0 Å². The van der Waals surface area contributed by atoms with Gasteiger partial charge in [-0.1, -0.05) is 0 Å². The number of benzene rings is 2. The summed E-state index contributed by atoms with van der Waals surface area (Å²) >= 11 is 0. The van der Waals surface area contributed by atoms with E-state index in [0.29, 0.717) is 23.3 Å². The molecule has 3 aromatic rings. The van der Waals surface area contributed by atoms with Crippen LogP contribution in [0.25, 0.3) is 11.0 Å². The van der Waals surface area contributed by atoms with Gasteiger partial charge in [-0.3, -0.25) is 0 Å². The summed E-state index contributed by atoms with van der Waals surface area (Å²) in [5, 5.41) is 7.72. The Labute approximate surface area is 114 Å². The quantitative estimate of drug-likeness (QED) is 0.742. The van der Waals surface area contributed by atoms with Gasteiger partial charge in [0, 0.05) is 12.2 Å². The third kappa shape index (κ3) is 1.95. The molecule has 2 aromatic carbocycles. The second-order valence-corrected chi connectivity index (χ2v) is 4.36. The number of hydrogen-bond acceptors (Lipinski definition) is 5. The molecule has 0 aliphatic carbocycles. The first-order valence-electron chi connectivity index (χ1n) is 6.24. The topological polar surface area (TPSA) is 68.2 Å². The molecule has 1 heterocycles. The van der Waals surface area contributed by atoms with Crippen molar-refractivity contribution in [1.82, 2.24) is 10.3 Å². The Bertz CT molecular complexity index is 739. The molecule has 0 unspecified atom stereocenters. The molecule has 3 rings (SSSR count). The van der Waals surface area contributed by atoms with Crippen LogP contribution in [0.4, 0.5) is 21.5 Å². The third-order valence-corrected chi connectivity index (χ3v) is 3.17. The van der Waals surface area contributed by atoms with Crippen molar-refractivity contribution < 1.29 is 9.02 Å². The largest absolute Gasteiger partial charge is 0.397 e. The molecule has 0 bridgehead atoms. The van der Waals surface area contributed by atoms with Gasteiger partial charge in [0.2, 0.25) is 0 Å². The summed E-state index contributed by atoms with van der Waals surface area (Å²) in [6, 6.07) is 9.90. The molecular formula is C14H13FN4O. The first-order chi connectivity index (χ1) is 9.70. The van der Waals surface area contributed by atoms with Crippen molar-refractivity contribution in [3.63, 3.8) is 0 Å². The van der Waals surface area contributed by atoms with Crippen LogP contribution >= 0.6 is 0 Å². The monoisotopic (exact) mass is 272 g/mol. The SMILES string of the molecule is CCN(c1ccc(F)cc1)c1ccc(N)c2nonc12. The van der Waals surface area contributed by atoms with Crippen molar-refractivity contribution >= 4 is 28.1 Å². The van der Waals surface area contributed by atoms with Crippen LogP contribution < -0.4 is 10.6 Å². The highest BCUT2D eigenvalue weighted by molar-refractivity contribution is 5.96. The summed E-state index contributed by atoms with van der Waals surface area (Å²) in [6.07, 6.45) is 0. The van der Waals surface area contributed by atoms with E-state index < -0.39 is 0 Å². The van der Waals surface area contributed by atoms with Crippen molar-refractivity contribution in [1.29, 1.82) is 0 Å². The van der Waals surface area contributed by atoms with Gasteiger partial charge in [-0.25, -0.2) is 9.02 Å². The number of nitrogens with two attached hydrogens (primary N) is 1. The number of nitrogen functional groups attached to an aromatic ring is 1. The second-order valence-electron chi connectivity index (χ2n) is 4.36. The summed E-state index contributed by atoms with van der Waals surface area (Å²) in [5.74, 6) is -0.268. The number of rotatable bonds is 3. The van der Waals surface area contributed by atoms with Crippen molar-refractivity contribution in [3.8, 4) is 0 Å². The van der Waals surface area contributed by atoms with E-state index in [2.05, 4.69) is 10.3 Å². The van der Waals surface area contributed by atoms with Crippen LogP contribution in [0.2, 0.25) is 0 Å². The fraction of sp³-hybridized carbons (Fsp3) is 0.143. The smallest absolute Gasteiger partial charge is 0.160 e. The van der Waals surface area contributed by atoms with Gasteiger partial charge in [0.15, 0.2) is 11.0 Å². The van der Waals surface area contributed by atoms with Gasteiger partial charge in [-0.15, -0.1) is 0 Å². The minimum absolute atomic E-state index is 0.268. The lowest BCUT2D eigenvalue weighted by Crippen LogP contribution is -2.16. The highest BCUT2D eigenvalue weighted by Gasteiger charge is 2.16. The maximum Gasteiger partial charge on any atom is 0.160 e. The Kier molecular flexibility index (Phi) is 2.98. The Morgan fingerprint density at radius 3 is 2.50 bits per heavy atom. The Hall–Kier alpha value is -2.63. The van der Waals surface area contributed by atoms with E-state index in [-0.39, 0.29) is 5.82 Å². The van der Waals surface area contributed by atoms with E-state index in [0.717, 1.165) is 11.4 Å². The van der Waals surface area contributed by atoms with E-state index in [1.165, 1.54) is 12.1 Å². The van der Waals surface area contributed by atoms with Crippen molar-refractivity contribution in [2.24, 2.45) is 0 Å². The fourth-order valence-electron chi connectivity index (χ4n) is 2.20. The maximum atomic E-state index is 13.0. The Morgan fingerprint density at radius 2 is 1.80 bits per heavy atom. The number of anilines is 3. The van der Waals surface area contributed by atoms with Gasteiger partial charge in [-0.2, -0.15) is 0 Å². The number of halogens is 1. The van der Waals surface area contributed by atoms with E-state index in [4.69, 9.17) is 10.4 Å². The van der Waals surface area contributed by atoms with Crippen molar-refractivity contribution in [3.05, 3.63) is 42.2 Å². The fourth-order valence-corrected chi connectivity index (χ4v) is 2.20. The molecule has 0 saturated carbocycles. The minimum Gasteiger partial charge on any atom is -0.397 e.